The average molecular weight is 376 g/mol. The Morgan fingerprint density at radius 1 is 1.00 bits per heavy atom. The first-order valence-corrected chi connectivity index (χ1v) is 11.0. The van der Waals surface area contributed by atoms with Gasteiger partial charge in [-0.15, -0.1) is 0 Å². The Balaban J connectivity index is 1.31. The fourth-order valence-corrected chi connectivity index (χ4v) is 7.95. The van der Waals surface area contributed by atoms with Crippen molar-refractivity contribution in [3.8, 4) is 0 Å². The van der Waals surface area contributed by atoms with Gasteiger partial charge in [-0.25, -0.2) is 0 Å². The van der Waals surface area contributed by atoms with E-state index < -0.39 is 5.79 Å². The van der Waals surface area contributed by atoms with Crippen LogP contribution < -0.4 is 0 Å². The van der Waals surface area contributed by atoms with Crippen molar-refractivity contribution in [2.45, 2.75) is 69.5 Å². The normalized spacial score (nSPS) is 49.7. The van der Waals surface area contributed by atoms with Crippen LogP contribution in [0.4, 0.5) is 0 Å². The van der Waals surface area contributed by atoms with Crippen LogP contribution in [0.3, 0.4) is 0 Å². The van der Waals surface area contributed by atoms with E-state index in [0.717, 1.165) is 58.2 Å². The summed E-state index contributed by atoms with van der Waals surface area (Å²) < 4.78 is 24.3. The highest BCUT2D eigenvalue weighted by Gasteiger charge is 2.67. The lowest BCUT2D eigenvalue weighted by Crippen LogP contribution is -2.58. The van der Waals surface area contributed by atoms with Crippen LogP contribution in [0.25, 0.3) is 0 Å². The number of allylic oxidation sites excluding steroid dienone is 1. The lowest BCUT2D eigenvalue weighted by Gasteiger charge is -2.57. The number of hydrogen-bond acceptors (Lipinski definition) is 5. The van der Waals surface area contributed by atoms with E-state index in [4.69, 9.17) is 18.9 Å². The summed E-state index contributed by atoms with van der Waals surface area (Å²) in [4.78, 5) is 0. The maximum Gasteiger partial charge on any atom is 0.174 e. The third-order valence-corrected chi connectivity index (χ3v) is 9.03. The van der Waals surface area contributed by atoms with Gasteiger partial charge in [-0.2, -0.15) is 0 Å². The average Bonchev–Trinajstić information content (AvgIpc) is 3.37. The summed E-state index contributed by atoms with van der Waals surface area (Å²) in [6.07, 6.45) is 9.15. The SMILES string of the molecule is C[C@]12CC(O)C3C4CCC5(CC4=CCC3C1CCC21OCCO1)OCCO5. The molecule has 1 N–H and O–H groups in total. The number of hydrogen-bond donors (Lipinski definition) is 1. The Morgan fingerprint density at radius 3 is 2.52 bits per heavy atom. The number of aliphatic hydroxyl groups is 1. The summed E-state index contributed by atoms with van der Waals surface area (Å²) in [6.45, 7) is 5.15. The van der Waals surface area contributed by atoms with Crippen molar-refractivity contribution in [1.82, 2.24) is 0 Å². The molecule has 6 rings (SSSR count). The molecule has 27 heavy (non-hydrogen) atoms. The molecule has 2 aliphatic heterocycles. The van der Waals surface area contributed by atoms with Crippen molar-refractivity contribution in [2.24, 2.45) is 29.1 Å². The van der Waals surface area contributed by atoms with Crippen molar-refractivity contribution in [1.29, 1.82) is 0 Å². The van der Waals surface area contributed by atoms with Crippen molar-refractivity contribution in [2.75, 3.05) is 26.4 Å². The summed E-state index contributed by atoms with van der Waals surface area (Å²) in [7, 11) is 0. The van der Waals surface area contributed by atoms with Crippen molar-refractivity contribution < 1.29 is 24.1 Å². The van der Waals surface area contributed by atoms with Crippen LogP contribution in [-0.2, 0) is 18.9 Å². The third-order valence-electron chi connectivity index (χ3n) is 9.03. The Bertz CT molecular complexity index is 647. The Morgan fingerprint density at radius 2 is 1.74 bits per heavy atom. The van der Waals surface area contributed by atoms with E-state index in [0.29, 0.717) is 36.9 Å². The topological polar surface area (TPSA) is 57.2 Å². The minimum Gasteiger partial charge on any atom is -0.393 e. The quantitative estimate of drug-likeness (QED) is 0.659. The van der Waals surface area contributed by atoms with Gasteiger partial charge < -0.3 is 24.1 Å². The molecule has 5 unspecified atom stereocenters. The maximum atomic E-state index is 11.4. The number of aliphatic hydroxyl groups excluding tert-OH is 1. The summed E-state index contributed by atoms with van der Waals surface area (Å²) in [5.74, 6) is 1.17. The molecule has 0 aromatic carbocycles. The van der Waals surface area contributed by atoms with Gasteiger partial charge in [-0.3, -0.25) is 0 Å². The van der Waals surface area contributed by atoms with E-state index in [9.17, 15) is 5.11 Å². The Hall–Kier alpha value is -0.460. The van der Waals surface area contributed by atoms with Crippen LogP contribution >= 0.6 is 0 Å². The molecule has 0 aromatic heterocycles. The van der Waals surface area contributed by atoms with Gasteiger partial charge in [-0.1, -0.05) is 18.6 Å². The summed E-state index contributed by atoms with van der Waals surface area (Å²) >= 11 is 0. The molecule has 0 bridgehead atoms. The van der Waals surface area contributed by atoms with E-state index in [-0.39, 0.29) is 17.3 Å². The molecule has 0 amide bonds. The zero-order chi connectivity index (χ0) is 18.3. The molecule has 6 aliphatic rings. The van der Waals surface area contributed by atoms with Crippen molar-refractivity contribution in [3.63, 3.8) is 0 Å². The van der Waals surface area contributed by atoms with E-state index in [1.54, 1.807) is 0 Å². The molecule has 0 aromatic rings. The van der Waals surface area contributed by atoms with Gasteiger partial charge in [0.2, 0.25) is 0 Å². The van der Waals surface area contributed by atoms with E-state index >= 15 is 0 Å². The third kappa shape index (κ3) is 2.24. The number of ether oxygens (including phenoxy) is 4. The van der Waals surface area contributed by atoms with Crippen LogP contribution in [0.15, 0.2) is 11.6 Å². The molecule has 3 saturated carbocycles. The van der Waals surface area contributed by atoms with Gasteiger partial charge in [0.05, 0.1) is 32.5 Å². The standard InChI is InChI=1S/C22H32O5/c1-20-13-18(23)19-15-4-6-21(24-8-9-25-21)12-14(15)2-3-16(19)17(20)5-7-22(20)26-10-11-27-22/h2,15-19,23H,3-13H2,1H3/t15?,16?,17?,18?,19?,20-/m0/s1. The summed E-state index contributed by atoms with van der Waals surface area (Å²) in [6, 6.07) is 0. The second-order valence-electron chi connectivity index (χ2n) is 9.97. The van der Waals surface area contributed by atoms with Gasteiger partial charge in [-0.05, 0) is 49.4 Å². The van der Waals surface area contributed by atoms with Crippen molar-refractivity contribution in [3.05, 3.63) is 11.6 Å². The lowest BCUT2D eigenvalue weighted by atomic mass is 9.51. The predicted octanol–water partition coefficient (Wildman–Crippen LogP) is 3.02. The first kappa shape index (κ1) is 17.4. The molecule has 0 radical (unpaired) electrons. The smallest absolute Gasteiger partial charge is 0.174 e. The monoisotopic (exact) mass is 376 g/mol. The van der Waals surface area contributed by atoms with Gasteiger partial charge in [0, 0.05) is 24.7 Å². The zero-order valence-corrected chi connectivity index (χ0v) is 16.3. The van der Waals surface area contributed by atoms with E-state index in [1.807, 2.05) is 0 Å². The Labute approximate surface area is 161 Å². The van der Waals surface area contributed by atoms with Crippen molar-refractivity contribution >= 4 is 0 Å². The van der Waals surface area contributed by atoms with Gasteiger partial charge in [0.15, 0.2) is 11.6 Å². The van der Waals surface area contributed by atoms with Crippen LogP contribution in [0, 0.1) is 29.1 Å². The Kier molecular flexibility index (Phi) is 3.73. The molecule has 4 aliphatic carbocycles. The molecule has 5 fully saturated rings. The van der Waals surface area contributed by atoms with Gasteiger partial charge >= 0.3 is 0 Å². The predicted molar refractivity (Wildman–Crippen MR) is 97.7 cm³/mol. The second kappa shape index (κ2) is 5.79. The molecule has 150 valence electrons. The van der Waals surface area contributed by atoms with Gasteiger partial charge in [0.25, 0.3) is 0 Å². The molecular formula is C22H32O5. The van der Waals surface area contributed by atoms with Gasteiger partial charge in [0.1, 0.15) is 0 Å². The highest BCUT2D eigenvalue weighted by atomic mass is 16.7. The summed E-state index contributed by atoms with van der Waals surface area (Å²) in [5.41, 5.74) is 1.41. The van der Waals surface area contributed by atoms with Crippen LogP contribution in [0.5, 0.6) is 0 Å². The lowest BCUT2D eigenvalue weighted by molar-refractivity contribution is -0.254. The fraction of sp³-hybridized carbons (Fsp3) is 0.909. The second-order valence-corrected chi connectivity index (χ2v) is 9.97. The molecule has 2 heterocycles. The maximum absolute atomic E-state index is 11.4. The fourth-order valence-electron chi connectivity index (χ4n) is 7.95. The largest absolute Gasteiger partial charge is 0.393 e. The molecule has 6 atom stereocenters. The molecule has 5 heteroatoms. The van der Waals surface area contributed by atoms with Crippen LogP contribution in [0.2, 0.25) is 0 Å². The first-order chi connectivity index (χ1) is 13.1. The first-order valence-electron chi connectivity index (χ1n) is 11.0. The molecule has 2 saturated heterocycles. The minimum absolute atomic E-state index is 0.0665. The molecule has 5 nitrogen and oxygen atoms in total. The van der Waals surface area contributed by atoms with E-state index in [2.05, 4.69) is 13.0 Å². The summed E-state index contributed by atoms with van der Waals surface area (Å²) in [5, 5.41) is 11.4. The van der Waals surface area contributed by atoms with Crippen LogP contribution in [0.1, 0.15) is 51.9 Å². The van der Waals surface area contributed by atoms with E-state index in [1.165, 1.54) is 5.57 Å². The highest BCUT2D eigenvalue weighted by Crippen LogP contribution is 2.66. The minimum atomic E-state index is -0.449. The zero-order valence-electron chi connectivity index (χ0n) is 16.3. The highest BCUT2D eigenvalue weighted by molar-refractivity contribution is 5.23. The van der Waals surface area contributed by atoms with Crippen LogP contribution in [-0.4, -0.2) is 49.2 Å². The number of fused-ring (bicyclic) bond motifs is 6. The molecular weight excluding hydrogens is 344 g/mol. The molecule has 2 spiro atoms. The number of rotatable bonds is 0.